The van der Waals surface area contributed by atoms with E-state index in [4.69, 9.17) is 12.2 Å². The minimum absolute atomic E-state index is 0.191. The first kappa shape index (κ1) is 17.8. The van der Waals surface area contributed by atoms with Crippen molar-refractivity contribution in [1.82, 2.24) is 20.5 Å². The van der Waals surface area contributed by atoms with E-state index < -0.39 is 10.0 Å². The van der Waals surface area contributed by atoms with Crippen molar-refractivity contribution >= 4 is 27.4 Å². The third-order valence-electron chi connectivity index (χ3n) is 2.70. The van der Waals surface area contributed by atoms with E-state index in [0.717, 1.165) is 18.5 Å². The lowest BCUT2D eigenvalue weighted by atomic mass is 10.2. The van der Waals surface area contributed by atoms with E-state index in [9.17, 15) is 8.42 Å². The molecule has 0 aromatic heterocycles. The van der Waals surface area contributed by atoms with Crippen LogP contribution >= 0.6 is 12.2 Å². The van der Waals surface area contributed by atoms with Crippen LogP contribution in [0.2, 0.25) is 0 Å². The molecule has 0 aliphatic carbocycles. The van der Waals surface area contributed by atoms with Gasteiger partial charge in [-0.3, -0.25) is 5.43 Å². The molecular formula is C13H22N4O2S2. The van der Waals surface area contributed by atoms with Crippen molar-refractivity contribution in [1.29, 1.82) is 0 Å². The van der Waals surface area contributed by atoms with Gasteiger partial charge in [-0.15, -0.1) is 4.83 Å². The summed E-state index contributed by atoms with van der Waals surface area (Å²) >= 11 is 5.01. The van der Waals surface area contributed by atoms with Crippen LogP contribution in [0.3, 0.4) is 0 Å². The molecule has 1 aromatic carbocycles. The molecule has 0 fully saturated rings. The highest BCUT2D eigenvalue weighted by Gasteiger charge is 2.13. The lowest BCUT2D eigenvalue weighted by molar-refractivity contribution is 0.400. The Morgan fingerprint density at radius 3 is 2.43 bits per heavy atom. The molecule has 0 heterocycles. The zero-order valence-electron chi connectivity index (χ0n) is 12.5. The summed E-state index contributed by atoms with van der Waals surface area (Å²) in [6.07, 6.45) is 0.916. The summed E-state index contributed by atoms with van der Waals surface area (Å²) in [7, 11) is 0.372. The minimum Gasteiger partial charge on any atom is -0.362 e. The molecule has 0 atom stereocenters. The molecule has 6 nitrogen and oxygen atoms in total. The Morgan fingerprint density at radius 1 is 1.24 bits per heavy atom. The van der Waals surface area contributed by atoms with Crippen molar-refractivity contribution in [2.45, 2.75) is 18.2 Å². The Morgan fingerprint density at radius 2 is 1.86 bits per heavy atom. The maximum atomic E-state index is 12.0. The van der Waals surface area contributed by atoms with Gasteiger partial charge in [0.05, 0.1) is 4.90 Å². The van der Waals surface area contributed by atoms with E-state index in [1.54, 1.807) is 24.3 Å². The number of nitrogens with one attached hydrogen (secondary N) is 3. The first-order chi connectivity index (χ1) is 9.81. The Labute approximate surface area is 131 Å². The third kappa shape index (κ3) is 6.85. The van der Waals surface area contributed by atoms with Crippen LogP contribution < -0.4 is 15.6 Å². The van der Waals surface area contributed by atoms with Gasteiger partial charge in [-0.05, 0) is 58.3 Å². The maximum Gasteiger partial charge on any atom is 0.257 e. The highest BCUT2D eigenvalue weighted by Crippen LogP contribution is 2.08. The van der Waals surface area contributed by atoms with Gasteiger partial charge >= 0.3 is 0 Å². The van der Waals surface area contributed by atoms with Gasteiger partial charge in [0, 0.05) is 6.54 Å². The van der Waals surface area contributed by atoms with Crippen LogP contribution in [0, 0.1) is 6.92 Å². The van der Waals surface area contributed by atoms with Crippen molar-refractivity contribution in [3.63, 3.8) is 0 Å². The predicted octanol–water partition coefficient (Wildman–Crippen LogP) is 0.604. The zero-order chi connectivity index (χ0) is 15.9. The van der Waals surface area contributed by atoms with Crippen molar-refractivity contribution in [2.75, 3.05) is 27.2 Å². The van der Waals surface area contributed by atoms with Gasteiger partial charge in [0.2, 0.25) is 0 Å². The molecule has 0 saturated carbocycles. The number of nitrogens with zero attached hydrogens (tertiary/aromatic N) is 1. The largest absolute Gasteiger partial charge is 0.362 e. The highest BCUT2D eigenvalue weighted by molar-refractivity contribution is 7.89. The SMILES string of the molecule is Cc1ccc(S(=O)(=O)NNC(=S)NCCCN(C)C)cc1. The van der Waals surface area contributed by atoms with Crippen molar-refractivity contribution in [3.8, 4) is 0 Å². The van der Waals surface area contributed by atoms with Gasteiger partial charge in [-0.2, -0.15) is 0 Å². The fourth-order valence-corrected chi connectivity index (χ4v) is 2.60. The molecule has 0 spiro atoms. The predicted molar refractivity (Wildman–Crippen MR) is 88.4 cm³/mol. The van der Waals surface area contributed by atoms with Crippen LogP contribution in [0.15, 0.2) is 29.2 Å². The number of hydrazine groups is 1. The number of thiocarbonyl (C=S) groups is 1. The lowest BCUT2D eigenvalue weighted by Crippen LogP contribution is -2.47. The fraction of sp³-hybridized carbons (Fsp3) is 0.462. The number of benzene rings is 1. The smallest absolute Gasteiger partial charge is 0.257 e. The van der Waals surface area contributed by atoms with E-state index >= 15 is 0 Å². The Kier molecular flexibility index (Phi) is 7.03. The molecule has 1 rings (SSSR count). The van der Waals surface area contributed by atoms with Crippen LogP contribution in [-0.4, -0.2) is 45.6 Å². The summed E-state index contributed by atoms with van der Waals surface area (Å²) in [5, 5.41) is 3.19. The van der Waals surface area contributed by atoms with E-state index in [-0.39, 0.29) is 10.0 Å². The Balaban J connectivity index is 2.39. The minimum atomic E-state index is -3.61. The first-order valence-electron chi connectivity index (χ1n) is 6.58. The average molecular weight is 330 g/mol. The molecule has 8 heteroatoms. The van der Waals surface area contributed by atoms with Gasteiger partial charge in [-0.25, -0.2) is 8.42 Å². The van der Waals surface area contributed by atoms with Gasteiger partial charge < -0.3 is 10.2 Å². The summed E-state index contributed by atoms with van der Waals surface area (Å²) in [6.45, 7) is 3.51. The number of hydrogen-bond donors (Lipinski definition) is 3. The molecule has 118 valence electrons. The van der Waals surface area contributed by atoms with E-state index in [1.165, 1.54) is 0 Å². The number of aryl methyl sites for hydroxylation is 1. The first-order valence-corrected chi connectivity index (χ1v) is 8.47. The second kappa shape index (κ2) is 8.28. The number of rotatable bonds is 7. The molecule has 0 aliphatic heterocycles. The molecule has 0 unspecified atom stereocenters. The van der Waals surface area contributed by atoms with Crippen LogP contribution in [0.1, 0.15) is 12.0 Å². The molecule has 0 amide bonds. The molecule has 0 radical (unpaired) electrons. The van der Waals surface area contributed by atoms with Crippen LogP contribution in [-0.2, 0) is 10.0 Å². The van der Waals surface area contributed by atoms with E-state index in [2.05, 4.69) is 20.5 Å². The molecule has 3 N–H and O–H groups in total. The third-order valence-corrected chi connectivity index (χ3v) is 4.21. The zero-order valence-corrected chi connectivity index (χ0v) is 14.1. The second-order valence-electron chi connectivity index (χ2n) is 4.96. The normalized spacial score (nSPS) is 11.4. The molecular weight excluding hydrogens is 308 g/mol. The van der Waals surface area contributed by atoms with Gasteiger partial charge in [-0.1, -0.05) is 17.7 Å². The molecule has 0 saturated heterocycles. The van der Waals surface area contributed by atoms with E-state index in [0.29, 0.717) is 6.54 Å². The second-order valence-corrected chi connectivity index (χ2v) is 7.05. The summed E-state index contributed by atoms with van der Waals surface area (Å²) in [6, 6.07) is 6.58. The van der Waals surface area contributed by atoms with Crippen molar-refractivity contribution in [2.24, 2.45) is 0 Å². The monoisotopic (exact) mass is 330 g/mol. The molecule has 0 bridgehead atoms. The van der Waals surface area contributed by atoms with Crippen molar-refractivity contribution in [3.05, 3.63) is 29.8 Å². The average Bonchev–Trinajstić information content (AvgIpc) is 2.42. The molecule has 0 aliphatic rings. The van der Waals surface area contributed by atoms with Gasteiger partial charge in [0.1, 0.15) is 0 Å². The molecule has 21 heavy (non-hydrogen) atoms. The highest BCUT2D eigenvalue weighted by atomic mass is 32.2. The van der Waals surface area contributed by atoms with Gasteiger partial charge in [0.15, 0.2) is 5.11 Å². The summed E-state index contributed by atoms with van der Waals surface area (Å²) in [5.41, 5.74) is 3.49. The van der Waals surface area contributed by atoms with Crippen LogP contribution in [0.25, 0.3) is 0 Å². The van der Waals surface area contributed by atoms with Gasteiger partial charge in [0.25, 0.3) is 10.0 Å². The maximum absolute atomic E-state index is 12.0. The molecule has 1 aromatic rings. The summed E-state index contributed by atoms with van der Waals surface area (Å²) < 4.78 is 24.0. The lowest BCUT2D eigenvalue weighted by Gasteiger charge is -2.13. The van der Waals surface area contributed by atoms with Crippen LogP contribution in [0.4, 0.5) is 0 Å². The summed E-state index contributed by atoms with van der Waals surface area (Å²) in [5.74, 6) is 0. The topological polar surface area (TPSA) is 73.5 Å². The number of sulfonamides is 1. The Hall–Kier alpha value is -1.22. The van der Waals surface area contributed by atoms with Crippen molar-refractivity contribution < 1.29 is 8.42 Å². The standard InChI is InChI=1S/C13H22N4O2S2/c1-11-5-7-12(8-6-11)21(18,19)16-15-13(20)14-9-4-10-17(2)3/h5-8,16H,4,9-10H2,1-3H3,(H2,14,15,20). The fourth-order valence-electron chi connectivity index (χ4n) is 1.53. The quantitative estimate of drug-likeness (QED) is 0.386. The number of hydrogen-bond acceptors (Lipinski definition) is 4. The summed E-state index contributed by atoms with van der Waals surface area (Å²) in [4.78, 5) is 4.51. The van der Waals surface area contributed by atoms with Crippen LogP contribution in [0.5, 0.6) is 0 Å². The Bertz CT molecular complexity index is 556. The van der Waals surface area contributed by atoms with E-state index in [1.807, 2.05) is 21.0 Å².